The second-order valence-electron chi connectivity index (χ2n) is 15.1. The van der Waals surface area contributed by atoms with Gasteiger partial charge in [0.25, 0.3) is 0 Å². The molecule has 0 unspecified atom stereocenters. The molecule has 9 aromatic carbocycles. The van der Waals surface area contributed by atoms with Crippen molar-refractivity contribution in [2.75, 3.05) is 0 Å². The summed E-state index contributed by atoms with van der Waals surface area (Å²) in [5.41, 5.74) is 13.6. The summed E-state index contributed by atoms with van der Waals surface area (Å²) in [6.07, 6.45) is 0. The molecule has 0 amide bonds. The van der Waals surface area contributed by atoms with Gasteiger partial charge in [0.2, 0.25) is 0 Å². The number of hydrogen-bond acceptors (Lipinski definition) is 3. The predicted octanol–water partition coefficient (Wildman–Crippen LogP) is 13.6. The molecule has 11 aromatic rings. The zero-order chi connectivity index (χ0) is 38.9. The third-order valence-corrected chi connectivity index (χ3v) is 11.8. The van der Waals surface area contributed by atoms with Crippen LogP contribution in [0.4, 0.5) is 0 Å². The molecule has 2 aromatic heterocycles. The van der Waals surface area contributed by atoms with Crippen molar-refractivity contribution in [3.05, 3.63) is 229 Å². The molecule has 59 heavy (non-hydrogen) atoms. The highest BCUT2D eigenvalue weighted by molar-refractivity contribution is 6.31. The van der Waals surface area contributed by atoms with Crippen molar-refractivity contribution in [2.45, 2.75) is 0 Å². The number of fused-ring (bicyclic) bond motifs is 1. The van der Waals surface area contributed by atoms with E-state index in [0.29, 0.717) is 17.5 Å². The molecule has 2 heterocycles. The lowest BCUT2D eigenvalue weighted by atomic mass is 9.83. The zero-order valence-corrected chi connectivity index (χ0v) is 31.9. The summed E-state index contributed by atoms with van der Waals surface area (Å²) in [7, 11) is 0. The Balaban J connectivity index is 1.19. The lowest BCUT2D eigenvalue weighted by Gasteiger charge is -2.21. The fraction of sp³-hybridized carbons (Fsp3) is 0. The fourth-order valence-corrected chi connectivity index (χ4v) is 9.29. The minimum atomic E-state index is 0.638. The van der Waals surface area contributed by atoms with Crippen molar-refractivity contribution in [3.8, 4) is 39.9 Å². The minimum absolute atomic E-state index is 0.638. The van der Waals surface area contributed by atoms with Crippen LogP contribution in [0.1, 0.15) is 22.3 Å². The molecular formula is C55H34N4. The maximum atomic E-state index is 5.17. The highest BCUT2D eigenvalue weighted by Gasteiger charge is 2.29. The van der Waals surface area contributed by atoms with Gasteiger partial charge in [-0.25, -0.2) is 15.0 Å². The van der Waals surface area contributed by atoms with Gasteiger partial charge < -0.3 is 4.57 Å². The van der Waals surface area contributed by atoms with Crippen LogP contribution in [0.2, 0.25) is 0 Å². The van der Waals surface area contributed by atoms with Crippen LogP contribution in [0.3, 0.4) is 0 Å². The molecule has 274 valence electrons. The molecule has 0 N–H and O–H groups in total. The first-order valence-electron chi connectivity index (χ1n) is 20.0. The molecule has 12 rings (SSSR count). The second kappa shape index (κ2) is 13.3. The van der Waals surface area contributed by atoms with Crippen LogP contribution in [0.25, 0.3) is 94.3 Å². The smallest absolute Gasteiger partial charge is 0.164 e. The number of aromatic nitrogens is 4. The number of nitrogens with zero attached hydrogens (tertiary/aromatic N) is 4. The Labute approximate surface area is 341 Å². The van der Waals surface area contributed by atoms with Gasteiger partial charge in [0.15, 0.2) is 17.5 Å². The minimum Gasteiger partial charge on any atom is -0.309 e. The van der Waals surface area contributed by atoms with Crippen LogP contribution in [-0.4, -0.2) is 19.5 Å². The highest BCUT2D eigenvalue weighted by atomic mass is 15.0. The van der Waals surface area contributed by atoms with Gasteiger partial charge in [0.05, 0.1) is 11.0 Å². The summed E-state index contributed by atoms with van der Waals surface area (Å²) in [6, 6.07) is 73.5. The normalized spacial score (nSPS) is 12.3. The molecule has 0 spiro atoms. The van der Waals surface area contributed by atoms with E-state index in [1.54, 1.807) is 0 Å². The molecule has 0 radical (unpaired) electrons. The predicted molar refractivity (Wildman–Crippen MR) is 243 cm³/mol. The fourth-order valence-electron chi connectivity index (χ4n) is 9.29. The third-order valence-electron chi connectivity index (χ3n) is 11.8. The quantitative estimate of drug-likeness (QED) is 0.170. The van der Waals surface area contributed by atoms with Gasteiger partial charge >= 0.3 is 0 Å². The zero-order valence-electron chi connectivity index (χ0n) is 31.9. The van der Waals surface area contributed by atoms with Crippen LogP contribution in [0.15, 0.2) is 206 Å². The maximum Gasteiger partial charge on any atom is 0.164 e. The van der Waals surface area contributed by atoms with E-state index in [9.17, 15) is 0 Å². The average Bonchev–Trinajstić information content (AvgIpc) is 3.59. The molecule has 0 aliphatic heterocycles. The Kier molecular flexibility index (Phi) is 7.50. The van der Waals surface area contributed by atoms with Crippen LogP contribution in [-0.2, 0) is 0 Å². The van der Waals surface area contributed by atoms with E-state index in [-0.39, 0.29) is 0 Å². The SMILES string of the molecule is c1ccc(C2=C(c3ccc(-c4nc(-c5ccccc5)nc(-c5ccccc5)n4)c4ccccc34)c3cccc4c3c3c5c2cccc5ccc3n4-c2ccccc2)cc1. The number of para-hydroxylation sites is 1. The van der Waals surface area contributed by atoms with Gasteiger partial charge in [-0.05, 0) is 85.3 Å². The second-order valence-corrected chi connectivity index (χ2v) is 15.1. The summed E-state index contributed by atoms with van der Waals surface area (Å²) in [5, 5.41) is 7.25. The van der Waals surface area contributed by atoms with Crippen molar-refractivity contribution in [2.24, 2.45) is 0 Å². The first kappa shape index (κ1) is 33.2. The third kappa shape index (κ3) is 5.20. The molecule has 0 bridgehead atoms. The lowest BCUT2D eigenvalue weighted by molar-refractivity contribution is 1.08. The van der Waals surface area contributed by atoms with Gasteiger partial charge in [-0.3, -0.25) is 0 Å². The van der Waals surface area contributed by atoms with Crippen LogP contribution < -0.4 is 0 Å². The lowest BCUT2D eigenvalue weighted by Crippen LogP contribution is -2.02. The van der Waals surface area contributed by atoms with Gasteiger partial charge in [0.1, 0.15) is 0 Å². The van der Waals surface area contributed by atoms with Crippen LogP contribution >= 0.6 is 0 Å². The van der Waals surface area contributed by atoms with E-state index in [2.05, 4.69) is 174 Å². The summed E-state index contributed by atoms with van der Waals surface area (Å²) in [6.45, 7) is 0. The summed E-state index contributed by atoms with van der Waals surface area (Å²) in [4.78, 5) is 15.3. The standard InChI is InChI=1S/C55H34N4/c1-5-17-35(18-6-1)48-44-28-15-23-36-31-34-47-52(49(36)44)51-45(29-16-30-46(51)59(47)39-24-11-4-12-25-39)50(48)42-32-33-43(41-27-14-13-26-40(41)42)55-57-53(37-19-7-2-8-20-37)56-54(58-55)38-21-9-3-10-22-38/h1-34H. The Bertz CT molecular complexity index is 3400. The monoisotopic (exact) mass is 750 g/mol. The molecule has 4 heteroatoms. The van der Waals surface area contributed by atoms with E-state index >= 15 is 0 Å². The summed E-state index contributed by atoms with van der Waals surface area (Å²) < 4.78 is 2.44. The molecule has 1 aliphatic carbocycles. The number of rotatable bonds is 6. The van der Waals surface area contributed by atoms with E-state index in [0.717, 1.165) is 38.7 Å². The van der Waals surface area contributed by atoms with Crippen molar-refractivity contribution >= 4 is 54.5 Å². The first-order valence-corrected chi connectivity index (χ1v) is 20.0. The van der Waals surface area contributed by atoms with Crippen molar-refractivity contribution in [3.63, 3.8) is 0 Å². The van der Waals surface area contributed by atoms with Gasteiger partial charge in [-0.2, -0.15) is 0 Å². The van der Waals surface area contributed by atoms with Gasteiger partial charge in [0, 0.05) is 33.2 Å². The maximum absolute atomic E-state index is 5.17. The van der Waals surface area contributed by atoms with Gasteiger partial charge in [-0.1, -0.05) is 176 Å². The van der Waals surface area contributed by atoms with Gasteiger partial charge in [-0.15, -0.1) is 0 Å². The molecule has 0 atom stereocenters. The molecule has 0 saturated carbocycles. The first-order chi connectivity index (χ1) is 29.3. The topological polar surface area (TPSA) is 43.6 Å². The Morgan fingerprint density at radius 2 is 0.797 bits per heavy atom. The molecule has 4 nitrogen and oxygen atoms in total. The average molecular weight is 751 g/mol. The Morgan fingerprint density at radius 1 is 0.288 bits per heavy atom. The summed E-state index contributed by atoms with van der Waals surface area (Å²) in [5.74, 6) is 1.93. The van der Waals surface area contributed by atoms with Crippen molar-refractivity contribution in [1.82, 2.24) is 19.5 Å². The van der Waals surface area contributed by atoms with E-state index < -0.39 is 0 Å². The van der Waals surface area contributed by atoms with Crippen molar-refractivity contribution in [1.29, 1.82) is 0 Å². The molecule has 1 aliphatic rings. The largest absolute Gasteiger partial charge is 0.309 e. The number of hydrogen-bond donors (Lipinski definition) is 0. The molecule has 0 saturated heterocycles. The molecular weight excluding hydrogens is 717 g/mol. The molecule has 0 fully saturated rings. The summed E-state index contributed by atoms with van der Waals surface area (Å²) >= 11 is 0. The van der Waals surface area contributed by atoms with Crippen LogP contribution in [0.5, 0.6) is 0 Å². The Morgan fingerprint density at radius 3 is 1.46 bits per heavy atom. The van der Waals surface area contributed by atoms with E-state index in [1.165, 1.54) is 60.4 Å². The van der Waals surface area contributed by atoms with Crippen molar-refractivity contribution < 1.29 is 0 Å². The van der Waals surface area contributed by atoms with E-state index in [1.807, 2.05) is 36.4 Å². The van der Waals surface area contributed by atoms with Crippen LogP contribution in [0, 0.1) is 0 Å². The highest BCUT2D eigenvalue weighted by Crippen LogP contribution is 2.51. The Hall–Kier alpha value is -7.95. The number of benzene rings is 9. The van der Waals surface area contributed by atoms with E-state index in [4.69, 9.17) is 15.0 Å².